The van der Waals surface area contributed by atoms with E-state index in [1.165, 1.54) is 6.07 Å². The fraction of sp³-hybridized carbons (Fsp3) is 0.273. The molecule has 0 aliphatic heterocycles. The molecule has 0 aromatic heterocycles. The third kappa shape index (κ3) is 4.91. The number of benzene rings is 1. The van der Waals surface area contributed by atoms with Crippen molar-refractivity contribution in [2.45, 2.75) is 6.42 Å². The standard InChI is InChI=1S/C11H13Cl2N3O2/c12-7-1-2-8(13)9(5-7)16-11(18)6-15-10(17)3-4-14/h1-2,5H,3-4,6,14H2,(H,15,17)(H,16,18). The van der Waals surface area contributed by atoms with E-state index >= 15 is 0 Å². The van der Waals surface area contributed by atoms with Crippen LogP contribution in [-0.4, -0.2) is 24.9 Å². The minimum absolute atomic E-state index is 0.137. The molecule has 1 rings (SSSR count). The van der Waals surface area contributed by atoms with E-state index in [4.69, 9.17) is 28.9 Å². The van der Waals surface area contributed by atoms with Gasteiger partial charge in [0.15, 0.2) is 0 Å². The van der Waals surface area contributed by atoms with Crippen molar-refractivity contribution in [2.75, 3.05) is 18.4 Å². The molecule has 0 aliphatic rings. The molecule has 7 heteroatoms. The van der Waals surface area contributed by atoms with E-state index in [9.17, 15) is 9.59 Å². The van der Waals surface area contributed by atoms with Crippen LogP contribution >= 0.6 is 23.2 Å². The number of halogens is 2. The van der Waals surface area contributed by atoms with Crippen LogP contribution in [0.4, 0.5) is 5.69 Å². The van der Waals surface area contributed by atoms with Crippen LogP contribution in [0.5, 0.6) is 0 Å². The van der Waals surface area contributed by atoms with Crippen LogP contribution < -0.4 is 16.4 Å². The second kappa shape index (κ2) is 7.20. The Bertz CT molecular complexity index is 452. The van der Waals surface area contributed by atoms with E-state index in [2.05, 4.69) is 10.6 Å². The topological polar surface area (TPSA) is 84.2 Å². The van der Waals surface area contributed by atoms with E-state index in [0.29, 0.717) is 15.7 Å². The van der Waals surface area contributed by atoms with Gasteiger partial charge < -0.3 is 16.4 Å². The average Bonchev–Trinajstić information content (AvgIpc) is 2.32. The molecule has 0 atom stereocenters. The quantitative estimate of drug-likeness (QED) is 0.766. The summed E-state index contributed by atoms with van der Waals surface area (Å²) in [5.41, 5.74) is 5.61. The minimum Gasteiger partial charge on any atom is -0.347 e. The Morgan fingerprint density at radius 2 is 1.94 bits per heavy atom. The molecule has 5 nitrogen and oxygen atoms in total. The molecule has 1 aromatic rings. The number of anilines is 1. The number of carbonyl (C=O) groups is 2. The average molecular weight is 290 g/mol. The van der Waals surface area contributed by atoms with Gasteiger partial charge in [0, 0.05) is 18.0 Å². The first-order valence-corrected chi connectivity index (χ1v) is 6.00. The fourth-order valence-electron chi connectivity index (χ4n) is 1.19. The van der Waals surface area contributed by atoms with Crippen molar-refractivity contribution >= 4 is 40.7 Å². The molecule has 0 unspecified atom stereocenters. The van der Waals surface area contributed by atoms with Gasteiger partial charge in [-0.25, -0.2) is 0 Å². The van der Waals surface area contributed by atoms with Gasteiger partial charge in [0.1, 0.15) is 0 Å². The zero-order chi connectivity index (χ0) is 13.5. The summed E-state index contributed by atoms with van der Waals surface area (Å²) in [6, 6.07) is 4.72. The maximum absolute atomic E-state index is 11.5. The Balaban J connectivity index is 2.49. The number of amides is 2. The largest absolute Gasteiger partial charge is 0.347 e. The summed E-state index contributed by atoms with van der Waals surface area (Å²) >= 11 is 11.7. The predicted molar refractivity (Wildman–Crippen MR) is 71.8 cm³/mol. The summed E-state index contributed by atoms with van der Waals surface area (Å²) in [5.74, 6) is -0.658. The molecule has 1 aromatic carbocycles. The molecule has 4 N–H and O–H groups in total. The Hall–Kier alpha value is -1.30. The molecule has 2 amide bonds. The van der Waals surface area contributed by atoms with E-state index in [0.717, 1.165) is 0 Å². The second-order valence-corrected chi connectivity index (χ2v) is 4.33. The Morgan fingerprint density at radius 1 is 1.22 bits per heavy atom. The van der Waals surface area contributed by atoms with Crippen LogP contribution in [0.25, 0.3) is 0 Å². The maximum Gasteiger partial charge on any atom is 0.243 e. The third-order valence-corrected chi connectivity index (χ3v) is 2.58. The fourth-order valence-corrected chi connectivity index (χ4v) is 1.52. The lowest BCUT2D eigenvalue weighted by molar-refractivity contribution is -0.124. The van der Waals surface area contributed by atoms with Gasteiger partial charge in [0.2, 0.25) is 11.8 Å². The van der Waals surface area contributed by atoms with Crippen molar-refractivity contribution in [1.29, 1.82) is 0 Å². The SMILES string of the molecule is NCCC(=O)NCC(=O)Nc1cc(Cl)ccc1Cl. The van der Waals surface area contributed by atoms with E-state index in [-0.39, 0.29) is 31.3 Å². The Labute approximate surface area is 115 Å². The van der Waals surface area contributed by atoms with Crippen LogP contribution in [0, 0.1) is 0 Å². The normalized spacial score (nSPS) is 9.94. The molecular weight excluding hydrogens is 277 g/mol. The van der Waals surface area contributed by atoms with Gasteiger partial charge in [0.25, 0.3) is 0 Å². The van der Waals surface area contributed by atoms with Crippen molar-refractivity contribution in [1.82, 2.24) is 5.32 Å². The van der Waals surface area contributed by atoms with Gasteiger partial charge in [-0.2, -0.15) is 0 Å². The number of rotatable bonds is 5. The smallest absolute Gasteiger partial charge is 0.243 e. The van der Waals surface area contributed by atoms with Gasteiger partial charge in [-0.05, 0) is 18.2 Å². The van der Waals surface area contributed by atoms with Gasteiger partial charge >= 0.3 is 0 Å². The van der Waals surface area contributed by atoms with Gasteiger partial charge in [-0.1, -0.05) is 23.2 Å². The highest BCUT2D eigenvalue weighted by atomic mass is 35.5. The predicted octanol–water partition coefficient (Wildman–Crippen LogP) is 1.40. The zero-order valence-electron chi connectivity index (χ0n) is 9.50. The van der Waals surface area contributed by atoms with Crippen molar-refractivity contribution in [3.8, 4) is 0 Å². The summed E-state index contributed by atoms with van der Waals surface area (Å²) in [6.07, 6.45) is 0.186. The Kier molecular flexibility index (Phi) is 5.91. The molecule has 18 heavy (non-hydrogen) atoms. The second-order valence-electron chi connectivity index (χ2n) is 3.49. The number of nitrogens with one attached hydrogen (secondary N) is 2. The van der Waals surface area contributed by atoms with Crippen molar-refractivity contribution in [3.63, 3.8) is 0 Å². The highest BCUT2D eigenvalue weighted by Crippen LogP contribution is 2.25. The lowest BCUT2D eigenvalue weighted by Gasteiger charge is -2.08. The molecule has 0 heterocycles. The highest BCUT2D eigenvalue weighted by Gasteiger charge is 2.08. The van der Waals surface area contributed by atoms with E-state index in [1.54, 1.807) is 12.1 Å². The molecule has 0 radical (unpaired) electrons. The van der Waals surface area contributed by atoms with Crippen LogP contribution in [0.15, 0.2) is 18.2 Å². The molecule has 0 bridgehead atoms. The summed E-state index contributed by atoms with van der Waals surface area (Å²) in [6.45, 7) is 0.106. The Morgan fingerprint density at radius 3 is 2.61 bits per heavy atom. The molecule has 0 saturated carbocycles. The van der Waals surface area contributed by atoms with Crippen LogP contribution in [0.2, 0.25) is 10.0 Å². The van der Waals surface area contributed by atoms with Crippen molar-refractivity contribution in [3.05, 3.63) is 28.2 Å². The first-order chi connectivity index (χ1) is 8.52. The number of nitrogens with two attached hydrogens (primary N) is 1. The van der Waals surface area contributed by atoms with Crippen LogP contribution in [-0.2, 0) is 9.59 Å². The molecule has 0 aliphatic carbocycles. The van der Waals surface area contributed by atoms with Crippen LogP contribution in [0.1, 0.15) is 6.42 Å². The minimum atomic E-state index is -0.385. The van der Waals surface area contributed by atoms with Crippen molar-refractivity contribution < 1.29 is 9.59 Å². The summed E-state index contributed by atoms with van der Waals surface area (Å²) in [4.78, 5) is 22.6. The molecule has 0 spiro atoms. The lowest BCUT2D eigenvalue weighted by atomic mass is 10.3. The van der Waals surface area contributed by atoms with Gasteiger partial charge in [0.05, 0.1) is 17.3 Å². The van der Waals surface area contributed by atoms with E-state index in [1.807, 2.05) is 0 Å². The van der Waals surface area contributed by atoms with Gasteiger partial charge in [-0.3, -0.25) is 9.59 Å². The molecular formula is C11H13Cl2N3O2. The summed E-state index contributed by atoms with van der Waals surface area (Å²) in [7, 11) is 0. The number of hydrogen-bond donors (Lipinski definition) is 3. The monoisotopic (exact) mass is 289 g/mol. The number of hydrogen-bond acceptors (Lipinski definition) is 3. The molecule has 0 fully saturated rings. The maximum atomic E-state index is 11.5. The van der Waals surface area contributed by atoms with Gasteiger partial charge in [-0.15, -0.1) is 0 Å². The van der Waals surface area contributed by atoms with E-state index < -0.39 is 0 Å². The third-order valence-electron chi connectivity index (χ3n) is 2.02. The molecule has 98 valence electrons. The summed E-state index contributed by atoms with van der Waals surface area (Å²) in [5, 5.41) is 5.81. The summed E-state index contributed by atoms with van der Waals surface area (Å²) < 4.78 is 0. The first-order valence-electron chi connectivity index (χ1n) is 5.24. The lowest BCUT2D eigenvalue weighted by Crippen LogP contribution is -2.33. The molecule has 0 saturated heterocycles. The number of carbonyl (C=O) groups excluding carboxylic acids is 2. The zero-order valence-corrected chi connectivity index (χ0v) is 11.0. The van der Waals surface area contributed by atoms with Crippen LogP contribution in [0.3, 0.4) is 0 Å². The highest BCUT2D eigenvalue weighted by molar-refractivity contribution is 6.35. The first kappa shape index (κ1) is 14.8. The van der Waals surface area contributed by atoms with Crippen molar-refractivity contribution in [2.24, 2.45) is 5.73 Å².